The summed E-state index contributed by atoms with van der Waals surface area (Å²) in [6.07, 6.45) is 1.30. The van der Waals surface area contributed by atoms with Crippen molar-refractivity contribution in [3.63, 3.8) is 0 Å². The van der Waals surface area contributed by atoms with E-state index < -0.39 is 0 Å². The molecular weight excluding hydrogens is 173 g/mol. The number of nitrogen functional groups attached to an aromatic ring is 1. The van der Waals surface area contributed by atoms with Crippen LogP contribution in [-0.2, 0) is 5.88 Å². The molecule has 0 amide bonds. The van der Waals surface area contributed by atoms with E-state index in [1.165, 1.54) is 6.33 Å². The Balaban J connectivity index is 3.17. The first-order valence-electron chi connectivity index (χ1n) is 2.56. The Bertz CT molecular complexity index is 218. The highest BCUT2D eigenvalue weighted by atomic mass is 35.5. The molecule has 1 rings (SSSR count). The van der Waals surface area contributed by atoms with Gasteiger partial charge in [0.15, 0.2) is 0 Å². The first kappa shape index (κ1) is 7.57. The van der Waals surface area contributed by atoms with E-state index in [2.05, 4.69) is 9.97 Å². The fraction of sp³-hybridized carbons (Fsp3) is 0.200. The number of hydrogen-bond acceptors (Lipinski definition) is 3. The molecule has 0 aromatic carbocycles. The first-order valence-corrected chi connectivity index (χ1v) is 3.47. The standard InChI is InChI=1S/C5H5Cl2N3/c6-1-3-4(7)9-2-10-5(3)8/h2H,1H2,(H2,8,9,10). The lowest BCUT2D eigenvalue weighted by molar-refractivity contribution is 1.13. The van der Waals surface area contributed by atoms with Crippen molar-refractivity contribution in [1.82, 2.24) is 9.97 Å². The van der Waals surface area contributed by atoms with Gasteiger partial charge in [-0.3, -0.25) is 0 Å². The van der Waals surface area contributed by atoms with Gasteiger partial charge < -0.3 is 5.73 Å². The molecule has 5 heteroatoms. The minimum atomic E-state index is 0.242. The number of rotatable bonds is 1. The third-order valence-electron chi connectivity index (χ3n) is 1.06. The smallest absolute Gasteiger partial charge is 0.138 e. The van der Waals surface area contributed by atoms with Gasteiger partial charge in [-0.2, -0.15) is 0 Å². The van der Waals surface area contributed by atoms with Crippen LogP contribution in [0.2, 0.25) is 5.15 Å². The number of hydrogen-bond donors (Lipinski definition) is 1. The van der Waals surface area contributed by atoms with Crippen LogP contribution in [-0.4, -0.2) is 9.97 Å². The highest BCUT2D eigenvalue weighted by Gasteiger charge is 2.03. The van der Waals surface area contributed by atoms with Crippen LogP contribution in [0.3, 0.4) is 0 Å². The second kappa shape index (κ2) is 3.03. The van der Waals surface area contributed by atoms with Crippen LogP contribution < -0.4 is 5.73 Å². The van der Waals surface area contributed by atoms with Gasteiger partial charge in [0.2, 0.25) is 0 Å². The number of halogens is 2. The van der Waals surface area contributed by atoms with Gasteiger partial charge in [-0.05, 0) is 0 Å². The topological polar surface area (TPSA) is 51.8 Å². The Morgan fingerprint density at radius 2 is 2.20 bits per heavy atom. The molecule has 54 valence electrons. The summed E-state index contributed by atoms with van der Waals surface area (Å²) in [6, 6.07) is 0. The van der Waals surface area contributed by atoms with E-state index in [0.29, 0.717) is 16.5 Å². The predicted octanol–water partition coefficient (Wildman–Crippen LogP) is 1.45. The summed E-state index contributed by atoms with van der Waals surface area (Å²) in [5.74, 6) is 0.584. The van der Waals surface area contributed by atoms with Crippen LogP contribution in [0, 0.1) is 0 Å². The molecule has 0 aliphatic rings. The van der Waals surface area contributed by atoms with Crippen LogP contribution in [0.25, 0.3) is 0 Å². The molecule has 0 aliphatic heterocycles. The molecule has 0 saturated carbocycles. The Kier molecular flexibility index (Phi) is 2.29. The number of aromatic nitrogens is 2. The largest absolute Gasteiger partial charge is 0.383 e. The number of anilines is 1. The maximum Gasteiger partial charge on any atom is 0.138 e. The van der Waals surface area contributed by atoms with Crippen LogP contribution in [0.1, 0.15) is 5.56 Å². The van der Waals surface area contributed by atoms with Crippen LogP contribution in [0.4, 0.5) is 5.82 Å². The molecule has 0 aliphatic carbocycles. The summed E-state index contributed by atoms with van der Waals surface area (Å²) in [4.78, 5) is 7.41. The lowest BCUT2D eigenvalue weighted by atomic mass is 10.3. The van der Waals surface area contributed by atoms with Crippen molar-refractivity contribution < 1.29 is 0 Å². The van der Waals surface area contributed by atoms with Crippen LogP contribution >= 0.6 is 23.2 Å². The zero-order chi connectivity index (χ0) is 7.56. The monoisotopic (exact) mass is 177 g/mol. The molecular formula is C5H5Cl2N3. The molecule has 1 aromatic rings. The Morgan fingerprint density at radius 1 is 1.50 bits per heavy atom. The van der Waals surface area contributed by atoms with Gasteiger partial charge in [-0.1, -0.05) is 11.6 Å². The highest BCUT2D eigenvalue weighted by Crippen LogP contribution is 2.18. The van der Waals surface area contributed by atoms with Crippen molar-refractivity contribution >= 4 is 29.0 Å². The van der Waals surface area contributed by atoms with Crippen molar-refractivity contribution in [2.75, 3.05) is 5.73 Å². The van der Waals surface area contributed by atoms with Crippen molar-refractivity contribution in [2.45, 2.75) is 5.88 Å². The zero-order valence-corrected chi connectivity index (χ0v) is 6.52. The third kappa shape index (κ3) is 1.30. The maximum absolute atomic E-state index is 5.61. The summed E-state index contributed by atoms with van der Waals surface area (Å²) >= 11 is 11.1. The second-order valence-corrected chi connectivity index (χ2v) is 2.29. The van der Waals surface area contributed by atoms with Gasteiger partial charge in [-0.15, -0.1) is 11.6 Å². The van der Waals surface area contributed by atoms with Gasteiger partial charge in [0.05, 0.1) is 5.88 Å². The quantitative estimate of drug-likeness (QED) is 0.523. The van der Waals surface area contributed by atoms with Gasteiger partial charge in [0.1, 0.15) is 17.3 Å². The highest BCUT2D eigenvalue weighted by molar-refractivity contribution is 6.31. The molecule has 0 radical (unpaired) electrons. The average molecular weight is 178 g/mol. The fourth-order valence-corrected chi connectivity index (χ4v) is 1.07. The second-order valence-electron chi connectivity index (χ2n) is 1.66. The molecule has 0 atom stereocenters. The molecule has 0 bridgehead atoms. The number of nitrogens with zero attached hydrogens (tertiary/aromatic N) is 2. The minimum absolute atomic E-state index is 0.242. The molecule has 0 unspecified atom stereocenters. The summed E-state index contributed by atoms with van der Waals surface area (Å²) in [7, 11) is 0. The van der Waals surface area contributed by atoms with Gasteiger partial charge in [-0.25, -0.2) is 9.97 Å². The zero-order valence-electron chi connectivity index (χ0n) is 5.01. The van der Waals surface area contributed by atoms with E-state index in [1.54, 1.807) is 0 Å². The van der Waals surface area contributed by atoms with E-state index >= 15 is 0 Å². The van der Waals surface area contributed by atoms with E-state index in [1.807, 2.05) is 0 Å². The van der Waals surface area contributed by atoms with Crippen molar-refractivity contribution in [1.29, 1.82) is 0 Å². The summed E-state index contributed by atoms with van der Waals surface area (Å²) in [6.45, 7) is 0. The summed E-state index contributed by atoms with van der Waals surface area (Å²) in [5, 5.41) is 0.322. The normalized spacial score (nSPS) is 9.80. The minimum Gasteiger partial charge on any atom is -0.383 e. The molecule has 2 N–H and O–H groups in total. The lowest BCUT2D eigenvalue weighted by Crippen LogP contribution is -1.97. The van der Waals surface area contributed by atoms with Crippen molar-refractivity contribution in [3.8, 4) is 0 Å². The summed E-state index contributed by atoms with van der Waals surface area (Å²) < 4.78 is 0. The third-order valence-corrected chi connectivity index (χ3v) is 1.65. The van der Waals surface area contributed by atoms with E-state index in [-0.39, 0.29) is 5.88 Å². The Hall–Kier alpha value is -0.540. The van der Waals surface area contributed by atoms with Crippen molar-refractivity contribution in [3.05, 3.63) is 17.0 Å². The maximum atomic E-state index is 5.61. The predicted molar refractivity (Wildman–Crippen MR) is 41.0 cm³/mol. The van der Waals surface area contributed by atoms with E-state index in [4.69, 9.17) is 28.9 Å². The van der Waals surface area contributed by atoms with E-state index in [9.17, 15) is 0 Å². The van der Waals surface area contributed by atoms with Crippen LogP contribution in [0.5, 0.6) is 0 Å². The molecule has 10 heavy (non-hydrogen) atoms. The van der Waals surface area contributed by atoms with Crippen molar-refractivity contribution in [2.24, 2.45) is 0 Å². The first-order chi connectivity index (χ1) is 4.75. The molecule has 0 saturated heterocycles. The van der Waals surface area contributed by atoms with E-state index in [0.717, 1.165) is 0 Å². The Morgan fingerprint density at radius 3 is 2.60 bits per heavy atom. The fourth-order valence-electron chi connectivity index (χ4n) is 0.527. The van der Waals surface area contributed by atoms with Crippen LogP contribution in [0.15, 0.2) is 6.33 Å². The Labute approximate surface area is 68.2 Å². The molecule has 3 nitrogen and oxygen atoms in total. The lowest BCUT2D eigenvalue weighted by Gasteiger charge is -1.99. The number of alkyl halides is 1. The molecule has 0 spiro atoms. The average Bonchev–Trinajstić information content (AvgIpc) is 1.88. The molecule has 1 aromatic heterocycles. The SMILES string of the molecule is Nc1ncnc(Cl)c1CCl. The van der Waals surface area contributed by atoms with Gasteiger partial charge in [0.25, 0.3) is 0 Å². The van der Waals surface area contributed by atoms with Gasteiger partial charge in [0, 0.05) is 5.56 Å². The summed E-state index contributed by atoms with van der Waals surface area (Å²) in [5.41, 5.74) is 6.00. The number of nitrogens with two attached hydrogens (primary N) is 1. The molecule has 1 heterocycles. The van der Waals surface area contributed by atoms with Gasteiger partial charge >= 0.3 is 0 Å². The molecule has 0 fully saturated rings.